The molecule has 0 aromatic heterocycles. The molecule has 33 heavy (non-hydrogen) atoms. The zero-order chi connectivity index (χ0) is 23.2. The topological polar surface area (TPSA) is 52.9 Å². The SMILES string of the molecule is Cc1ccc(N(c2ccc(C)cc2)c2ccc(-c3ccc(OCC(O)CO)cc3)cc2)cc1. The lowest BCUT2D eigenvalue weighted by atomic mass is 10.0. The van der Waals surface area contributed by atoms with Crippen LogP contribution in [0.15, 0.2) is 97.1 Å². The van der Waals surface area contributed by atoms with E-state index in [0.717, 1.165) is 28.2 Å². The fraction of sp³-hybridized carbons (Fsp3) is 0.172. The summed E-state index contributed by atoms with van der Waals surface area (Å²) in [5, 5.41) is 18.3. The molecule has 0 amide bonds. The molecule has 1 atom stereocenters. The van der Waals surface area contributed by atoms with Crippen LogP contribution in [0.3, 0.4) is 0 Å². The molecule has 168 valence electrons. The van der Waals surface area contributed by atoms with E-state index in [1.807, 2.05) is 24.3 Å². The summed E-state index contributed by atoms with van der Waals surface area (Å²) in [4.78, 5) is 2.26. The second-order valence-electron chi connectivity index (χ2n) is 8.23. The standard InChI is InChI=1S/C29H29NO3/c1-21-3-11-25(12-4-21)30(26-13-5-22(2)6-14-26)27-15-7-23(8-16-27)24-9-17-29(18-10-24)33-20-28(32)19-31/h3-18,28,31-32H,19-20H2,1-2H3. The molecule has 4 nitrogen and oxygen atoms in total. The van der Waals surface area contributed by atoms with Crippen molar-refractivity contribution in [3.63, 3.8) is 0 Å². The fourth-order valence-electron chi connectivity index (χ4n) is 3.63. The molecule has 4 aromatic rings. The van der Waals surface area contributed by atoms with Crippen molar-refractivity contribution in [2.45, 2.75) is 20.0 Å². The van der Waals surface area contributed by atoms with Crippen molar-refractivity contribution in [3.05, 3.63) is 108 Å². The van der Waals surface area contributed by atoms with Gasteiger partial charge in [0.1, 0.15) is 18.5 Å². The fourth-order valence-corrected chi connectivity index (χ4v) is 3.63. The van der Waals surface area contributed by atoms with Crippen LogP contribution in [-0.4, -0.2) is 29.5 Å². The van der Waals surface area contributed by atoms with Crippen molar-refractivity contribution in [2.24, 2.45) is 0 Å². The maximum absolute atomic E-state index is 9.44. The second-order valence-corrected chi connectivity index (χ2v) is 8.23. The highest BCUT2D eigenvalue weighted by Gasteiger charge is 2.12. The van der Waals surface area contributed by atoms with E-state index in [2.05, 4.69) is 91.5 Å². The third kappa shape index (κ3) is 5.61. The number of ether oxygens (including phenoxy) is 1. The number of hydrogen-bond acceptors (Lipinski definition) is 4. The molecular weight excluding hydrogens is 410 g/mol. The molecule has 1 unspecified atom stereocenters. The van der Waals surface area contributed by atoms with E-state index in [4.69, 9.17) is 9.84 Å². The van der Waals surface area contributed by atoms with Crippen LogP contribution in [0.5, 0.6) is 5.75 Å². The third-order valence-corrected chi connectivity index (χ3v) is 5.55. The lowest BCUT2D eigenvalue weighted by Gasteiger charge is -2.26. The van der Waals surface area contributed by atoms with Gasteiger partial charge in [-0.2, -0.15) is 0 Å². The molecule has 4 heteroatoms. The van der Waals surface area contributed by atoms with Crippen molar-refractivity contribution in [3.8, 4) is 16.9 Å². The summed E-state index contributed by atoms with van der Waals surface area (Å²) in [6.45, 7) is 3.95. The van der Waals surface area contributed by atoms with Gasteiger partial charge in [0, 0.05) is 17.1 Å². The van der Waals surface area contributed by atoms with Crippen LogP contribution < -0.4 is 9.64 Å². The number of hydrogen-bond donors (Lipinski definition) is 2. The monoisotopic (exact) mass is 439 g/mol. The van der Waals surface area contributed by atoms with Crippen LogP contribution in [0.4, 0.5) is 17.1 Å². The minimum absolute atomic E-state index is 0.0679. The van der Waals surface area contributed by atoms with Gasteiger partial charge in [-0.05, 0) is 73.5 Å². The average Bonchev–Trinajstić information content (AvgIpc) is 2.86. The van der Waals surface area contributed by atoms with Gasteiger partial charge in [-0.1, -0.05) is 59.7 Å². The molecule has 0 fully saturated rings. The van der Waals surface area contributed by atoms with Crippen molar-refractivity contribution in [1.82, 2.24) is 0 Å². The van der Waals surface area contributed by atoms with Crippen molar-refractivity contribution >= 4 is 17.1 Å². The molecule has 0 aliphatic carbocycles. The average molecular weight is 440 g/mol. The zero-order valence-electron chi connectivity index (χ0n) is 19.0. The predicted molar refractivity (Wildman–Crippen MR) is 135 cm³/mol. The Morgan fingerprint density at radius 3 is 1.45 bits per heavy atom. The largest absolute Gasteiger partial charge is 0.491 e. The lowest BCUT2D eigenvalue weighted by molar-refractivity contribution is 0.0536. The number of anilines is 3. The summed E-state index contributed by atoms with van der Waals surface area (Å²) in [6, 6.07) is 33.4. The third-order valence-electron chi connectivity index (χ3n) is 5.55. The number of aliphatic hydroxyl groups excluding tert-OH is 2. The summed E-state index contributed by atoms with van der Waals surface area (Å²) >= 11 is 0. The Morgan fingerprint density at radius 1 is 0.636 bits per heavy atom. The number of rotatable bonds is 8. The number of aryl methyl sites for hydroxylation is 2. The van der Waals surface area contributed by atoms with E-state index in [1.54, 1.807) is 0 Å². The van der Waals surface area contributed by atoms with Crippen LogP contribution in [0.1, 0.15) is 11.1 Å². The van der Waals surface area contributed by atoms with Gasteiger partial charge >= 0.3 is 0 Å². The minimum atomic E-state index is -0.873. The lowest BCUT2D eigenvalue weighted by Crippen LogP contribution is -2.21. The molecular formula is C29H29NO3. The van der Waals surface area contributed by atoms with Crippen LogP contribution in [-0.2, 0) is 0 Å². The molecule has 0 saturated carbocycles. The van der Waals surface area contributed by atoms with Gasteiger partial charge in [-0.3, -0.25) is 0 Å². The van der Waals surface area contributed by atoms with E-state index >= 15 is 0 Å². The smallest absolute Gasteiger partial charge is 0.119 e. The van der Waals surface area contributed by atoms with E-state index < -0.39 is 6.10 Å². The first-order valence-electron chi connectivity index (χ1n) is 11.1. The maximum atomic E-state index is 9.44. The van der Waals surface area contributed by atoms with E-state index in [1.165, 1.54) is 11.1 Å². The molecule has 0 aliphatic rings. The Labute approximate surface area is 195 Å². The maximum Gasteiger partial charge on any atom is 0.119 e. The molecule has 0 spiro atoms. The first-order chi connectivity index (χ1) is 16.0. The number of nitrogens with zero attached hydrogens (tertiary/aromatic N) is 1. The van der Waals surface area contributed by atoms with Gasteiger partial charge in [0.25, 0.3) is 0 Å². The molecule has 4 aromatic carbocycles. The first kappa shape index (κ1) is 22.6. The summed E-state index contributed by atoms with van der Waals surface area (Å²) in [5.41, 5.74) is 7.96. The molecule has 4 rings (SSSR count). The van der Waals surface area contributed by atoms with Gasteiger partial charge in [0.15, 0.2) is 0 Å². The number of benzene rings is 4. The highest BCUT2D eigenvalue weighted by atomic mass is 16.5. The molecule has 2 N–H and O–H groups in total. The van der Waals surface area contributed by atoms with Gasteiger partial charge in [0.05, 0.1) is 6.61 Å². The van der Waals surface area contributed by atoms with E-state index in [-0.39, 0.29) is 13.2 Å². The predicted octanol–water partition coefficient (Wildman–Crippen LogP) is 6.17. The van der Waals surface area contributed by atoms with Crippen LogP contribution in [0, 0.1) is 13.8 Å². The van der Waals surface area contributed by atoms with Crippen molar-refractivity contribution < 1.29 is 14.9 Å². The van der Waals surface area contributed by atoms with E-state index in [9.17, 15) is 5.11 Å². The van der Waals surface area contributed by atoms with Crippen LogP contribution in [0.2, 0.25) is 0 Å². The highest BCUT2D eigenvalue weighted by molar-refractivity contribution is 5.78. The van der Waals surface area contributed by atoms with E-state index in [0.29, 0.717) is 5.75 Å². The first-order valence-corrected chi connectivity index (χ1v) is 11.1. The van der Waals surface area contributed by atoms with Gasteiger partial charge in [-0.25, -0.2) is 0 Å². The Hall–Kier alpha value is -3.60. The van der Waals surface area contributed by atoms with Gasteiger partial charge in [0.2, 0.25) is 0 Å². The Bertz CT molecular complexity index is 1110. The quantitative estimate of drug-likeness (QED) is 0.345. The zero-order valence-corrected chi connectivity index (χ0v) is 19.0. The normalized spacial score (nSPS) is 11.8. The Balaban J connectivity index is 1.59. The molecule has 0 saturated heterocycles. The van der Waals surface area contributed by atoms with Crippen molar-refractivity contribution in [1.29, 1.82) is 0 Å². The summed E-state index contributed by atoms with van der Waals surface area (Å²) in [5.74, 6) is 0.660. The summed E-state index contributed by atoms with van der Waals surface area (Å²) in [6.07, 6.45) is -0.873. The molecule has 0 heterocycles. The molecule has 0 aliphatic heterocycles. The highest BCUT2D eigenvalue weighted by Crippen LogP contribution is 2.36. The summed E-state index contributed by atoms with van der Waals surface area (Å²) in [7, 11) is 0. The Morgan fingerprint density at radius 2 is 1.03 bits per heavy atom. The van der Waals surface area contributed by atoms with Crippen molar-refractivity contribution in [2.75, 3.05) is 18.1 Å². The minimum Gasteiger partial charge on any atom is -0.491 e. The van der Waals surface area contributed by atoms with Crippen LogP contribution >= 0.6 is 0 Å². The summed E-state index contributed by atoms with van der Waals surface area (Å²) < 4.78 is 5.50. The second kappa shape index (κ2) is 10.3. The van der Waals surface area contributed by atoms with Gasteiger partial charge in [-0.15, -0.1) is 0 Å². The number of aliphatic hydroxyl groups is 2. The Kier molecular flexibility index (Phi) is 7.08. The van der Waals surface area contributed by atoms with Gasteiger partial charge < -0.3 is 19.8 Å². The molecule has 0 radical (unpaired) electrons. The molecule has 0 bridgehead atoms. The van der Waals surface area contributed by atoms with Crippen LogP contribution in [0.25, 0.3) is 11.1 Å².